The normalized spacial score (nSPS) is 16.1. The summed E-state index contributed by atoms with van der Waals surface area (Å²) in [7, 11) is 0. The summed E-state index contributed by atoms with van der Waals surface area (Å²) in [6.45, 7) is 9.13. The second kappa shape index (κ2) is 33.9. The lowest BCUT2D eigenvalue weighted by molar-refractivity contribution is -0.140. The summed E-state index contributed by atoms with van der Waals surface area (Å²) < 4.78 is 0. The molecule has 72 heavy (non-hydrogen) atoms. The Hall–Kier alpha value is -6.64. The molecule has 27 heteroatoms. The van der Waals surface area contributed by atoms with E-state index < -0.39 is 115 Å². The number of carboxylic acid groups (broad SMARTS) is 1. The molecule has 8 amide bonds. The minimum Gasteiger partial charge on any atom is -0.481 e. The number of likely N-dealkylation sites (tertiary alicyclic amines) is 1. The number of nitrogens with two attached hydrogens (primary N) is 4. The van der Waals surface area contributed by atoms with Crippen molar-refractivity contribution in [1.29, 1.82) is 10.8 Å². The van der Waals surface area contributed by atoms with Gasteiger partial charge in [-0.1, -0.05) is 27.7 Å². The third-order valence-electron chi connectivity index (χ3n) is 11.3. The van der Waals surface area contributed by atoms with E-state index in [9.17, 15) is 47.9 Å². The number of rotatable bonds is 35. The molecule has 0 aromatic carbocycles. The van der Waals surface area contributed by atoms with E-state index in [1.54, 1.807) is 20.1 Å². The van der Waals surface area contributed by atoms with Crippen molar-refractivity contribution in [1.82, 2.24) is 52.8 Å². The summed E-state index contributed by atoms with van der Waals surface area (Å²) in [5.74, 6) is -7.50. The average molecular weight is 1020 g/mol. The molecule has 0 aliphatic carbocycles. The van der Waals surface area contributed by atoms with Crippen LogP contribution in [0, 0.1) is 22.7 Å². The fraction of sp³-hybridized carbons (Fsp3) is 0.733. The summed E-state index contributed by atoms with van der Waals surface area (Å²) in [4.78, 5) is 132. The zero-order valence-corrected chi connectivity index (χ0v) is 42.3. The molecule has 27 nitrogen and oxygen atoms in total. The number of carboxylic acids is 1. The third kappa shape index (κ3) is 25.5. The minimum absolute atomic E-state index is 0.0217. The minimum atomic E-state index is -1.29. The number of carbonyl (C=O) groups is 9. The number of amides is 8. The maximum atomic E-state index is 13.9. The molecule has 8 atom stereocenters. The number of hydrogen-bond acceptors (Lipinski definition) is 14. The SMILES string of the molecule is CC(C)C[C@H](NC(=O)CNC(=O)[C@H](CC(C)C)NC(=O)[C@@H]1CCCN1C(=O)[C@@H](N)CCCNC(=N)N)C(=O)N[C@@H](CCCCN)C(=O)N[C@@H](C)C(=O)N[C@@H](CCCNC(=N)N)C(=O)N[C@H]([C]=O)CCC(=O)O. The highest BCUT2D eigenvalue weighted by Crippen LogP contribution is 2.20. The fourth-order valence-corrected chi connectivity index (χ4v) is 7.60. The van der Waals surface area contributed by atoms with Crippen molar-refractivity contribution in [3.05, 3.63) is 0 Å². The third-order valence-corrected chi connectivity index (χ3v) is 11.3. The van der Waals surface area contributed by atoms with Gasteiger partial charge in [-0.15, -0.1) is 0 Å². The molecule has 1 heterocycles. The molecule has 0 aromatic rings. The van der Waals surface area contributed by atoms with Crippen LogP contribution < -0.4 is 70.8 Å². The van der Waals surface area contributed by atoms with Gasteiger partial charge in [0.25, 0.3) is 0 Å². The lowest BCUT2D eigenvalue weighted by Gasteiger charge is -2.29. The highest BCUT2D eigenvalue weighted by molar-refractivity contribution is 5.97. The summed E-state index contributed by atoms with van der Waals surface area (Å²) in [5.41, 5.74) is 22.5. The lowest BCUT2D eigenvalue weighted by atomic mass is 10.0. The number of nitrogens with one attached hydrogen (secondary N) is 11. The number of unbranched alkanes of at least 4 members (excludes halogenated alkanes) is 1. The van der Waals surface area contributed by atoms with E-state index in [0.717, 1.165) is 0 Å². The molecule has 0 spiro atoms. The predicted octanol–water partition coefficient (Wildman–Crippen LogP) is -3.93. The topological polar surface area (TPSA) is 454 Å². The van der Waals surface area contributed by atoms with Gasteiger partial charge in [0.2, 0.25) is 53.5 Å². The molecule has 20 N–H and O–H groups in total. The molecular weight excluding hydrogens is 941 g/mol. The first-order valence-corrected chi connectivity index (χ1v) is 24.5. The van der Waals surface area contributed by atoms with Gasteiger partial charge in [-0.2, -0.15) is 0 Å². The number of aliphatic carboxylic acids is 1. The number of guanidine groups is 2. The van der Waals surface area contributed by atoms with Gasteiger partial charge in [0, 0.05) is 26.1 Å². The molecule has 1 saturated heterocycles. The molecule has 1 rings (SSSR count). The molecule has 0 aromatic heterocycles. The van der Waals surface area contributed by atoms with Gasteiger partial charge in [0.05, 0.1) is 18.6 Å². The quantitative estimate of drug-likeness (QED) is 0.0164. The Balaban J connectivity index is 3.09. The van der Waals surface area contributed by atoms with Crippen molar-refractivity contribution in [2.24, 2.45) is 34.8 Å². The largest absolute Gasteiger partial charge is 0.481 e. The van der Waals surface area contributed by atoms with Crippen molar-refractivity contribution >= 4 is 71.4 Å². The highest BCUT2D eigenvalue weighted by atomic mass is 16.4. The summed E-state index contributed by atoms with van der Waals surface area (Å²) in [5, 5.41) is 46.8. The standard InChI is InChI=1S/C45H81N16O11/c1-25(2)21-32(60-42(71)34-14-10-20-61(34)43(72)29(47)11-8-18-52-44(48)49)38(67)54-23-35(63)57-33(22-26(3)4)41(70)59-30(12-6-7-17-46)39(68)55-27(5)37(66)58-31(13-9-19-53-45(50)51)40(69)56-28(24-62)15-16-36(64)65/h25-34H,6-23,46-47H2,1-5H3,(H,54,67)(H,55,68)(H,56,69)(H,57,63)(H,58,66)(H,59,70)(H,60,71)(H,64,65)(H4,48,49,52)(H4,50,51,53)/t27-,28-,29-,30-,31-,32-,33-,34-/m0/s1. The molecule has 0 bridgehead atoms. The van der Waals surface area contributed by atoms with Gasteiger partial charge < -0.3 is 80.8 Å². The van der Waals surface area contributed by atoms with E-state index in [1.165, 1.54) is 11.8 Å². The Bertz CT molecular complexity index is 1850. The smallest absolute Gasteiger partial charge is 0.303 e. The molecule has 0 saturated carbocycles. The van der Waals surface area contributed by atoms with Gasteiger partial charge in [-0.05, 0) is 102 Å². The predicted molar refractivity (Wildman–Crippen MR) is 266 cm³/mol. The van der Waals surface area contributed by atoms with Gasteiger partial charge in [0.1, 0.15) is 36.3 Å². The first-order valence-electron chi connectivity index (χ1n) is 24.5. The van der Waals surface area contributed by atoms with Gasteiger partial charge in [-0.3, -0.25) is 58.8 Å². The first kappa shape index (κ1) is 63.4. The summed E-state index contributed by atoms with van der Waals surface area (Å²) in [6, 6.07) is -9.10. The van der Waals surface area contributed by atoms with E-state index in [4.69, 9.17) is 38.9 Å². The molecule has 0 unspecified atom stereocenters. The van der Waals surface area contributed by atoms with Crippen LogP contribution in [0.5, 0.6) is 0 Å². The molecule has 1 fully saturated rings. The maximum Gasteiger partial charge on any atom is 0.303 e. The zero-order valence-electron chi connectivity index (χ0n) is 42.3. The van der Waals surface area contributed by atoms with Crippen LogP contribution in [-0.2, 0) is 47.9 Å². The van der Waals surface area contributed by atoms with Crippen molar-refractivity contribution in [2.75, 3.05) is 32.7 Å². The molecule has 1 aliphatic heterocycles. The second-order valence-corrected chi connectivity index (χ2v) is 18.7. The summed E-state index contributed by atoms with van der Waals surface area (Å²) in [6.07, 6.45) is 3.96. The van der Waals surface area contributed by atoms with Crippen molar-refractivity contribution in [3.63, 3.8) is 0 Å². The van der Waals surface area contributed by atoms with Crippen molar-refractivity contribution < 1.29 is 53.1 Å². The monoisotopic (exact) mass is 1020 g/mol. The van der Waals surface area contributed by atoms with Crippen molar-refractivity contribution in [3.8, 4) is 0 Å². The maximum absolute atomic E-state index is 13.9. The van der Waals surface area contributed by atoms with Gasteiger partial charge in [-0.25, -0.2) is 0 Å². The number of nitrogens with zero attached hydrogens (tertiary/aromatic N) is 1. The second-order valence-electron chi connectivity index (χ2n) is 18.7. The zero-order chi connectivity index (χ0) is 54.5. The number of carbonyl (C=O) groups excluding carboxylic acids is 9. The lowest BCUT2D eigenvalue weighted by Crippen LogP contribution is -2.58. The van der Waals surface area contributed by atoms with Crippen LogP contribution in [0.15, 0.2) is 0 Å². The Morgan fingerprint density at radius 3 is 1.72 bits per heavy atom. The Kier molecular flexibility index (Phi) is 29.8. The molecule has 407 valence electrons. The van der Waals surface area contributed by atoms with Crippen LogP contribution in [0.25, 0.3) is 0 Å². The van der Waals surface area contributed by atoms with E-state index >= 15 is 0 Å². The van der Waals surface area contributed by atoms with Crippen LogP contribution in [-0.4, -0.2) is 162 Å². The Morgan fingerprint density at radius 1 is 0.653 bits per heavy atom. The fourth-order valence-electron chi connectivity index (χ4n) is 7.60. The first-order chi connectivity index (χ1) is 33.9. The molecule has 1 radical (unpaired) electrons. The summed E-state index contributed by atoms with van der Waals surface area (Å²) >= 11 is 0. The highest BCUT2D eigenvalue weighted by Gasteiger charge is 2.38. The van der Waals surface area contributed by atoms with Gasteiger partial charge >= 0.3 is 5.97 Å². The number of hydrogen-bond donors (Lipinski definition) is 16. The van der Waals surface area contributed by atoms with Crippen LogP contribution in [0.2, 0.25) is 0 Å². The van der Waals surface area contributed by atoms with E-state index in [-0.39, 0.29) is 81.8 Å². The molecule has 1 aliphatic rings. The van der Waals surface area contributed by atoms with E-state index in [0.29, 0.717) is 45.2 Å². The van der Waals surface area contributed by atoms with Gasteiger partial charge in [0.15, 0.2) is 11.9 Å². The van der Waals surface area contributed by atoms with Crippen molar-refractivity contribution in [2.45, 2.75) is 166 Å². The Morgan fingerprint density at radius 2 is 1.18 bits per heavy atom. The van der Waals surface area contributed by atoms with E-state index in [1.807, 2.05) is 13.8 Å². The van der Waals surface area contributed by atoms with E-state index in [2.05, 4.69) is 47.9 Å². The van der Waals surface area contributed by atoms with Crippen LogP contribution in [0.1, 0.15) is 118 Å². The van der Waals surface area contributed by atoms with Crippen LogP contribution in [0.3, 0.4) is 0 Å². The average Bonchev–Trinajstić information content (AvgIpc) is 3.80. The van der Waals surface area contributed by atoms with Crippen LogP contribution >= 0.6 is 0 Å². The Labute approximate surface area is 421 Å². The molecular formula is C45H81N16O11. The van der Waals surface area contributed by atoms with Crippen LogP contribution in [0.4, 0.5) is 0 Å².